The van der Waals surface area contributed by atoms with Gasteiger partial charge in [0.25, 0.3) is 0 Å². The molecule has 0 radical (unpaired) electrons. The highest BCUT2D eigenvalue weighted by molar-refractivity contribution is 7.15. The number of carbonyl (C=O) groups excluding carboxylic acids is 1. The largest absolute Gasteiger partial charge is 0.494 e. The summed E-state index contributed by atoms with van der Waals surface area (Å²) in [6.07, 6.45) is 2.45. The van der Waals surface area contributed by atoms with Gasteiger partial charge in [0, 0.05) is 10.9 Å². The van der Waals surface area contributed by atoms with Crippen LogP contribution < -0.4 is 4.74 Å². The molecular weight excluding hydrogens is 324 g/mol. The molecule has 0 atom stereocenters. The predicted octanol–water partition coefficient (Wildman–Crippen LogP) is 4.53. The van der Waals surface area contributed by atoms with Gasteiger partial charge < -0.3 is 9.15 Å². The number of rotatable bonds is 5. The van der Waals surface area contributed by atoms with Crippen molar-refractivity contribution in [1.82, 2.24) is 9.38 Å². The molecule has 0 N–H and O–H groups in total. The van der Waals surface area contributed by atoms with Crippen molar-refractivity contribution in [1.29, 1.82) is 0 Å². The number of benzene rings is 1. The van der Waals surface area contributed by atoms with Crippen molar-refractivity contribution >= 4 is 22.6 Å². The SMILES string of the molecule is CCOc1ccc(-c2nc3scc(-c4ccco4)n3c2C=O)cc1. The van der Waals surface area contributed by atoms with E-state index in [1.54, 1.807) is 6.26 Å². The lowest BCUT2D eigenvalue weighted by Gasteiger charge is -2.04. The summed E-state index contributed by atoms with van der Waals surface area (Å²) in [5, 5.41) is 1.94. The van der Waals surface area contributed by atoms with E-state index >= 15 is 0 Å². The first kappa shape index (κ1) is 14.7. The van der Waals surface area contributed by atoms with Gasteiger partial charge in [0.05, 0.1) is 12.9 Å². The predicted molar refractivity (Wildman–Crippen MR) is 92.8 cm³/mol. The van der Waals surface area contributed by atoms with Gasteiger partial charge in [0.2, 0.25) is 0 Å². The first-order valence-corrected chi connectivity index (χ1v) is 8.42. The van der Waals surface area contributed by atoms with Gasteiger partial charge in [0.15, 0.2) is 17.0 Å². The van der Waals surface area contributed by atoms with Crippen LogP contribution in [0.2, 0.25) is 0 Å². The van der Waals surface area contributed by atoms with Gasteiger partial charge in [-0.05, 0) is 43.3 Å². The van der Waals surface area contributed by atoms with Crippen molar-refractivity contribution in [2.45, 2.75) is 6.92 Å². The lowest BCUT2D eigenvalue weighted by Crippen LogP contribution is -1.94. The maximum atomic E-state index is 11.8. The Morgan fingerprint density at radius 3 is 2.79 bits per heavy atom. The van der Waals surface area contributed by atoms with E-state index in [1.165, 1.54) is 11.3 Å². The fraction of sp³-hybridized carbons (Fsp3) is 0.111. The normalized spacial score (nSPS) is 11.0. The maximum absolute atomic E-state index is 11.8. The Morgan fingerprint density at radius 1 is 1.29 bits per heavy atom. The van der Waals surface area contributed by atoms with Crippen molar-refractivity contribution in [3.63, 3.8) is 0 Å². The smallest absolute Gasteiger partial charge is 0.195 e. The molecule has 4 rings (SSSR count). The molecular formula is C18H14N2O3S. The van der Waals surface area contributed by atoms with Gasteiger partial charge in [0.1, 0.15) is 22.8 Å². The molecule has 0 amide bonds. The molecule has 0 unspecified atom stereocenters. The Kier molecular flexibility index (Phi) is 3.66. The molecule has 0 aliphatic heterocycles. The van der Waals surface area contributed by atoms with Gasteiger partial charge >= 0.3 is 0 Å². The zero-order chi connectivity index (χ0) is 16.5. The summed E-state index contributed by atoms with van der Waals surface area (Å²) in [7, 11) is 0. The number of nitrogens with zero attached hydrogens (tertiary/aromatic N) is 2. The molecule has 1 aromatic carbocycles. The summed E-state index contributed by atoms with van der Waals surface area (Å²) in [6.45, 7) is 2.56. The highest BCUT2D eigenvalue weighted by Gasteiger charge is 2.19. The Balaban J connectivity index is 1.86. The van der Waals surface area contributed by atoms with Crippen LogP contribution in [0.15, 0.2) is 52.5 Å². The third-order valence-corrected chi connectivity index (χ3v) is 4.55. The second-order valence-corrected chi connectivity index (χ2v) is 5.97. The number of imidazole rings is 1. The molecule has 0 aliphatic rings. The lowest BCUT2D eigenvalue weighted by atomic mass is 10.1. The summed E-state index contributed by atoms with van der Waals surface area (Å²) in [4.78, 5) is 17.1. The lowest BCUT2D eigenvalue weighted by molar-refractivity contribution is 0.111. The van der Waals surface area contributed by atoms with Crippen LogP contribution in [-0.4, -0.2) is 22.3 Å². The third kappa shape index (κ3) is 2.32. The number of thiazole rings is 1. The molecule has 0 spiro atoms. The molecule has 4 aromatic rings. The van der Waals surface area contributed by atoms with Gasteiger partial charge in [-0.25, -0.2) is 4.98 Å². The number of fused-ring (bicyclic) bond motifs is 1. The van der Waals surface area contributed by atoms with Gasteiger partial charge in [-0.2, -0.15) is 0 Å². The first-order chi connectivity index (χ1) is 11.8. The highest BCUT2D eigenvalue weighted by Crippen LogP contribution is 2.32. The number of hydrogen-bond donors (Lipinski definition) is 0. The number of aromatic nitrogens is 2. The van der Waals surface area contributed by atoms with Crippen LogP contribution >= 0.6 is 11.3 Å². The molecule has 5 nitrogen and oxygen atoms in total. The van der Waals surface area contributed by atoms with Crippen LogP contribution in [-0.2, 0) is 0 Å². The molecule has 0 aliphatic carbocycles. The van der Waals surface area contributed by atoms with Gasteiger partial charge in [-0.15, -0.1) is 11.3 Å². The van der Waals surface area contributed by atoms with Crippen LogP contribution in [0, 0.1) is 0 Å². The van der Waals surface area contributed by atoms with E-state index in [0.29, 0.717) is 23.8 Å². The summed E-state index contributed by atoms with van der Waals surface area (Å²) in [5.74, 6) is 1.51. The Labute approximate surface area is 142 Å². The van der Waals surface area contributed by atoms with Crippen molar-refractivity contribution in [2.75, 3.05) is 6.61 Å². The van der Waals surface area contributed by atoms with E-state index in [9.17, 15) is 4.79 Å². The number of ether oxygens (including phenoxy) is 1. The van der Waals surface area contributed by atoms with E-state index in [0.717, 1.165) is 28.3 Å². The molecule has 6 heteroatoms. The molecule has 3 heterocycles. The minimum atomic E-state index is 0.516. The number of furan rings is 1. The van der Waals surface area contributed by atoms with Crippen LogP contribution in [0.4, 0.5) is 0 Å². The average molecular weight is 338 g/mol. The van der Waals surface area contributed by atoms with E-state index in [-0.39, 0.29) is 0 Å². The fourth-order valence-corrected chi connectivity index (χ4v) is 3.56. The zero-order valence-electron chi connectivity index (χ0n) is 12.9. The minimum absolute atomic E-state index is 0.516. The van der Waals surface area contributed by atoms with Crippen LogP contribution in [0.3, 0.4) is 0 Å². The Bertz CT molecular complexity index is 982. The molecule has 0 saturated carbocycles. The van der Waals surface area contributed by atoms with Crippen LogP contribution in [0.1, 0.15) is 17.4 Å². The molecule has 120 valence electrons. The fourth-order valence-electron chi connectivity index (χ4n) is 2.67. The van der Waals surface area contributed by atoms with Gasteiger partial charge in [-0.1, -0.05) is 0 Å². The standard InChI is InChI=1S/C18H14N2O3S/c1-2-22-13-7-5-12(6-8-13)17-14(10-21)20-15(11-24-18(20)19-17)16-4-3-9-23-16/h3-11H,2H2,1H3. The summed E-state index contributed by atoms with van der Waals surface area (Å²) < 4.78 is 12.8. The first-order valence-electron chi connectivity index (χ1n) is 7.54. The van der Waals surface area contributed by atoms with E-state index in [1.807, 2.05) is 53.1 Å². The molecule has 0 bridgehead atoms. The molecule has 3 aromatic heterocycles. The number of aldehydes is 1. The summed E-state index contributed by atoms with van der Waals surface area (Å²) in [6, 6.07) is 11.3. The highest BCUT2D eigenvalue weighted by atomic mass is 32.1. The van der Waals surface area contributed by atoms with Gasteiger partial charge in [-0.3, -0.25) is 9.20 Å². The Hall–Kier alpha value is -2.86. The van der Waals surface area contributed by atoms with Crippen LogP contribution in [0.5, 0.6) is 5.75 Å². The minimum Gasteiger partial charge on any atom is -0.494 e. The molecule has 24 heavy (non-hydrogen) atoms. The second kappa shape index (κ2) is 5.98. The third-order valence-electron chi connectivity index (χ3n) is 3.72. The maximum Gasteiger partial charge on any atom is 0.195 e. The summed E-state index contributed by atoms with van der Waals surface area (Å²) >= 11 is 1.48. The quantitative estimate of drug-likeness (QED) is 0.502. The van der Waals surface area contributed by atoms with Crippen molar-refractivity contribution in [2.24, 2.45) is 0 Å². The number of carbonyl (C=O) groups is 1. The van der Waals surface area contributed by atoms with Crippen LogP contribution in [0.25, 0.3) is 27.7 Å². The molecule has 0 fully saturated rings. The molecule has 0 saturated heterocycles. The van der Waals surface area contributed by atoms with E-state index in [2.05, 4.69) is 4.98 Å². The Morgan fingerprint density at radius 2 is 2.12 bits per heavy atom. The zero-order valence-corrected chi connectivity index (χ0v) is 13.7. The van der Waals surface area contributed by atoms with Crippen molar-refractivity contribution in [3.05, 3.63) is 53.7 Å². The van der Waals surface area contributed by atoms with Crippen molar-refractivity contribution < 1.29 is 13.9 Å². The number of hydrogen-bond acceptors (Lipinski definition) is 5. The van der Waals surface area contributed by atoms with E-state index < -0.39 is 0 Å². The topological polar surface area (TPSA) is 56.7 Å². The summed E-state index contributed by atoms with van der Waals surface area (Å²) in [5.41, 5.74) is 2.88. The van der Waals surface area contributed by atoms with E-state index in [4.69, 9.17) is 9.15 Å². The van der Waals surface area contributed by atoms with Crippen molar-refractivity contribution in [3.8, 4) is 28.5 Å². The second-order valence-electron chi connectivity index (χ2n) is 5.14. The monoisotopic (exact) mass is 338 g/mol. The average Bonchev–Trinajstić information content (AvgIpc) is 3.31.